The molecule has 0 aromatic heterocycles. The van der Waals surface area contributed by atoms with Crippen LogP contribution in [0.15, 0.2) is 0 Å². The average molecular weight is 296 g/mol. The molecule has 0 spiro atoms. The maximum Gasteiger partial charge on any atom is 0.104 e. The molecule has 0 aromatic rings. The Balaban J connectivity index is 1.32. The van der Waals surface area contributed by atoms with E-state index >= 15 is 0 Å². The van der Waals surface area contributed by atoms with E-state index in [0.717, 1.165) is 63.3 Å². The van der Waals surface area contributed by atoms with E-state index in [1.807, 2.05) is 0 Å². The highest BCUT2D eigenvalue weighted by atomic mass is 16.6. The Morgan fingerprint density at radius 1 is 0.762 bits per heavy atom. The number of rotatable bonds is 8. The van der Waals surface area contributed by atoms with Gasteiger partial charge in [0.2, 0.25) is 0 Å². The number of ether oxygens (including phenoxy) is 4. The average Bonchev–Trinajstić information content (AvgIpc) is 3.37. The second-order valence-electron chi connectivity index (χ2n) is 7.59. The van der Waals surface area contributed by atoms with Crippen LogP contribution in [0.1, 0.15) is 20.3 Å². The molecule has 4 aliphatic rings. The summed E-state index contributed by atoms with van der Waals surface area (Å²) in [5.41, 5.74) is 0. The first-order chi connectivity index (χ1) is 10.2. The van der Waals surface area contributed by atoms with Crippen molar-refractivity contribution in [2.24, 2.45) is 35.5 Å². The van der Waals surface area contributed by atoms with Crippen LogP contribution in [0.3, 0.4) is 0 Å². The Labute approximate surface area is 127 Å². The largest absolute Gasteiger partial charge is 0.378 e. The van der Waals surface area contributed by atoms with Gasteiger partial charge in [0.05, 0.1) is 39.6 Å². The van der Waals surface area contributed by atoms with Crippen molar-refractivity contribution >= 4 is 0 Å². The minimum atomic E-state index is 0.377. The van der Waals surface area contributed by atoms with Crippen LogP contribution < -0.4 is 0 Å². The summed E-state index contributed by atoms with van der Waals surface area (Å²) in [5.74, 6) is 4.69. The minimum Gasteiger partial charge on any atom is -0.378 e. The van der Waals surface area contributed by atoms with Crippen molar-refractivity contribution in [2.75, 3.05) is 39.6 Å². The van der Waals surface area contributed by atoms with E-state index in [4.69, 9.17) is 18.9 Å². The summed E-state index contributed by atoms with van der Waals surface area (Å²) in [7, 11) is 0. The molecule has 0 N–H and O–H groups in total. The standard InChI is InChI=1S/C17H28O4/c1-10-11(2)15-3-14(10)16(8-18-4-12-6-20-12)17(15)9-19-5-13-7-21-13/h10-17H,3-9H2,1-2H3. The summed E-state index contributed by atoms with van der Waals surface area (Å²) in [6, 6.07) is 0. The normalized spacial score (nSPS) is 50.6. The van der Waals surface area contributed by atoms with E-state index < -0.39 is 0 Å². The van der Waals surface area contributed by atoms with Crippen molar-refractivity contribution in [2.45, 2.75) is 32.5 Å². The lowest BCUT2D eigenvalue weighted by Gasteiger charge is -2.38. The SMILES string of the molecule is CC1C(C)C2CC1C(COCC1CO1)C2COCC1CO1. The quantitative estimate of drug-likeness (QED) is 0.642. The zero-order chi connectivity index (χ0) is 14.4. The van der Waals surface area contributed by atoms with E-state index in [-0.39, 0.29) is 0 Å². The second kappa shape index (κ2) is 5.80. The predicted octanol–water partition coefficient (Wildman–Crippen LogP) is 1.97. The first-order valence-electron chi connectivity index (χ1n) is 8.62. The summed E-state index contributed by atoms with van der Waals surface area (Å²) in [4.78, 5) is 0. The Morgan fingerprint density at radius 2 is 1.19 bits per heavy atom. The lowest BCUT2D eigenvalue weighted by Crippen LogP contribution is -2.37. The second-order valence-corrected chi connectivity index (χ2v) is 7.59. The van der Waals surface area contributed by atoms with Crippen molar-refractivity contribution < 1.29 is 18.9 Å². The van der Waals surface area contributed by atoms with Crippen molar-refractivity contribution in [3.05, 3.63) is 0 Å². The van der Waals surface area contributed by atoms with Crippen molar-refractivity contribution in [3.8, 4) is 0 Å². The summed E-state index contributed by atoms with van der Waals surface area (Å²) in [6.45, 7) is 9.99. The van der Waals surface area contributed by atoms with Gasteiger partial charge in [-0.3, -0.25) is 0 Å². The molecule has 120 valence electrons. The fraction of sp³-hybridized carbons (Fsp3) is 1.00. The number of hydrogen-bond donors (Lipinski definition) is 0. The predicted molar refractivity (Wildman–Crippen MR) is 78.0 cm³/mol. The molecule has 2 aliphatic heterocycles. The molecule has 8 unspecified atom stereocenters. The molecule has 4 heteroatoms. The number of epoxide rings is 2. The number of hydrogen-bond acceptors (Lipinski definition) is 4. The first kappa shape index (κ1) is 14.4. The van der Waals surface area contributed by atoms with E-state index in [0.29, 0.717) is 24.0 Å². The van der Waals surface area contributed by atoms with Crippen LogP contribution in [0.25, 0.3) is 0 Å². The Hall–Kier alpha value is -0.160. The van der Waals surface area contributed by atoms with Crippen LogP contribution in [0.5, 0.6) is 0 Å². The Morgan fingerprint density at radius 3 is 1.57 bits per heavy atom. The molecule has 2 saturated carbocycles. The van der Waals surface area contributed by atoms with Crippen molar-refractivity contribution in [1.29, 1.82) is 0 Å². The van der Waals surface area contributed by atoms with Gasteiger partial charge in [-0.05, 0) is 41.9 Å². The van der Waals surface area contributed by atoms with Gasteiger partial charge in [0.15, 0.2) is 0 Å². The molecule has 4 rings (SSSR count). The third-order valence-corrected chi connectivity index (χ3v) is 6.41. The molecule has 0 aromatic carbocycles. The van der Waals surface area contributed by atoms with Crippen LogP contribution >= 0.6 is 0 Å². The summed E-state index contributed by atoms with van der Waals surface area (Å²) >= 11 is 0. The molecule has 4 fully saturated rings. The van der Waals surface area contributed by atoms with Gasteiger partial charge in [0.1, 0.15) is 12.2 Å². The van der Waals surface area contributed by atoms with Gasteiger partial charge in [-0.1, -0.05) is 13.8 Å². The van der Waals surface area contributed by atoms with E-state index in [1.165, 1.54) is 6.42 Å². The molecule has 2 bridgehead atoms. The highest BCUT2D eigenvalue weighted by Crippen LogP contribution is 2.58. The van der Waals surface area contributed by atoms with Crippen LogP contribution in [-0.2, 0) is 18.9 Å². The van der Waals surface area contributed by atoms with Crippen molar-refractivity contribution in [1.82, 2.24) is 0 Å². The Bertz CT molecular complexity index is 332. The monoisotopic (exact) mass is 296 g/mol. The zero-order valence-electron chi connectivity index (χ0n) is 13.2. The van der Waals surface area contributed by atoms with Gasteiger partial charge < -0.3 is 18.9 Å². The third-order valence-electron chi connectivity index (χ3n) is 6.41. The zero-order valence-corrected chi connectivity index (χ0v) is 13.2. The van der Waals surface area contributed by atoms with Crippen LogP contribution in [-0.4, -0.2) is 51.8 Å². The van der Waals surface area contributed by atoms with Crippen LogP contribution in [0, 0.1) is 35.5 Å². The molecule has 2 aliphatic carbocycles. The highest BCUT2D eigenvalue weighted by molar-refractivity contribution is 5.02. The lowest BCUT2D eigenvalue weighted by molar-refractivity contribution is -0.0214. The summed E-state index contributed by atoms with van der Waals surface area (Å²) < 4.78 is 22.4. The molecule has 8 atom stereocenters. The summed E-state index contributed by atoms with van der Waals surface area (Å²) in [5, 5.41) is 0. The first-order valence-corrected chi connectivity index (χ1v) is 8.62. The molecule has 2 heterocycles. The highest BCUT2D eigenvalue weighted by Gasteiger charge is 2.54. The van der Waals surface area contributed by atoms with Crippen molar-refractivity contribution in [3.63, 3.8) is 0 Å². The van der Waals surface area contributed by atoms with Gasteiger partial charge in [0, 0.05) is 0 Å². The lowest BCUT2D eigenvalue weighted by atomic mass is 9.70. The molecular weight excluding hydrogens is 268 g/mol. The fourth-order valence-corrected chi connectivity index (χ4v) is 4.78. The Kier molecular flexibility index (Phi) is 3.99. The molecule has 2 saturated heterocycles. The maximum atomic E-state index is 5.94. The van der Waals surface area contributed by atoms with E-state index in [9.17, 15) is 0 Å². The topological polar surface area (TPSA) is 43.5 Å². The molecule has 21 heavy (non-hydrogen) atoms. The van der Waals surface area contributed by atoms with E-state index in [1.54, 1.807) is 0 Å². The molecule has 0 radical (unpaired) electrons. The third kappa shape index (κ3) is 3.00. The van der Waals surface area contributed by atoms with Gasteiger partial charge >= 0.3 is 0 Å². The van der Waals surface area contributed by atoms with Gasteiger partial charge in [-0.2, -0.15) is 0 Å². The van der Waals surface area contributed by atoms with Gasteiger partial charge in [-0.15, -0.1) is 0 Å². The van der Waals surface area contributed by atoms with Gasteiger partial charge in [-0.25, -0.2) is 0 Å². The van der Waals surface area contributed by atoms with Gasteiger partial charge in [0.25, 0.3) is 0 Å². The smallest absolute Gasteiger partial charge is 0.104 e. The molecule has 4 nitrogen and oxygen atoms in total. The molecule has 0 amide bonds. The molecular formula is C17H28O4. The minimum absolute atomic E-state index is 0.377. The maximum absolute atomic E-state index is 5.94. The van der Waals surface area contributed by atoms with Crippen LogP contribution in [0.2, 0.25) is 0 Å². The number of fused-ring (bicyclic) bond motifs is 2. The fourth-order valence-electron chi connectivity index (χ4n) is 4.78. The summed E-state index contributed by atoms with van der Waals surface area (Å²) in [6.07, 6.45) is 2.13. The van der Waals surface area contributed by atoms with E-state index in [2.05, 4.69) is 13.8 Å². The van der Waals surface area contributed by atoms with Crippen LogP contribution in [0.4, 0.5) is 0 Å².